The molecule has 0 spiro atoms. The molecule has 1 fully saturated rings. The average molecular weight is 687 g/mol. The number of unbranched alkanes of at least 4 members (excludes halogenated alkanes) is 20. The van der Waals surface area contributed by atoms with E-state index in [2.05, 4.69) is 20.8 Å². The summed E-state index contributed by atoms with van der Waals surface area (Å²) in [6.45, 7) is 7.54. The predicted molar refractivity (Wildman–Crippen MR) is 195 cm³/mol. The Kier molecular flexibility index (Phi) is 29.2. The molecule has 286 valence electrons. The van der Waals surface area contributed by atoms with Crippen LogP contribution in [0.25, 0.3) is 0 Å². The fourth-order valence-electron chi connectivity index (χ4n) is 6.74. The average Bonchev–Trinajstić information content (AvgIpc) is 3.26. The van der Waals surface area contributed by atoms with Crippen LogP contribution < -0.4 is 0 Å². The summed E-state index contributed by atoms with van der Waals surface area (Å²) in [7, 11) is 0. The van der Waals surface area contributed by atoms with E-state index in [0.717, 1.165) is 38.0 Å². The van der Waals surface area contributed by atoms with E-state index >= 15 is 0 Å². The molecule has 4 N–H and O–H groups in total. The first kappa shape index (κ1) is 45.3. The monoisotopic (exact) mass is 687 g/mol. The Bertz CT molecular complexity index is 707. The molecule has 0 radical (unpaired) electrons. The number of hydrogen-bond acceptors (Lipinski definition) is 8. The molecule has 0 aliphatic heterocycles. The van der Waals surface area contributed by atoms with Gasteiger partial charge in [-0.15, -0.1) is 0 Å². The third-order valence-electron chi connectivity index (χ3n) is 10.1. The standard InChI is InChI=1S/C40H78O8/c1-4-6-8-10-11-12-13-14-15-18-21-25-29-35(41)48-34(32-47-40-38(44)36(42)37(43)39(40)45)31-46-30-26-22-19-16-17-20-24-28-33(3)27-23-9-7-5-2/h33-34,36-40,42-45H,4-32H2,1-3H3/t33?,34-,36+,37+,38-,39-/m0/s1. The minimum Gasteiger partial charge on any atom is -0.457 e. The number of aliphatic hydroxyl groups excluding tert-OH is 4. The Hall–Kier alpha value is -0.770. The first-order chi connectivity index (χ1) is 23.3. The number of aliphatic hydroxyl groups is 4. The van der Waals surface area contributed by atoms with Gasteiger partial charge < -0.3 is 34.6 Å². The van der Waals surface area contributed by atoms with E-state index in [-0.39, 0.29) is 19.2 Å². The van der Waals surface area contributed by atoms with Crippen LogP contribution in [0.2, 0.25) is 0 Å². The molecule has 1 aliphatic rings. The Morgan fingerprint density at radius 1 is 0.542 bits per heavy atom. The van der Waals surface area contributed by atoms with Crippen molar-refractivity contribution in [3.05, 3.63) is 0 Å². The second-order valence-electron chi connectivity index (χ2n) is 14.8. The summed E-state index contributed by atoms with van der Waals surface area (Å²) in [4.78, 5) is 12.6. The van der Waals surface area contributed by atoms with E-state index in [0.29, 0.717) is 13.0 Å². The zero-order chi connectivity index (χ0) is 35.2. The smallest absolute Gasteiger partial charge is 0.306 e. The van der Waals surface area contributed by atoms with Crippen LogP contribution in [0.5, 0.6) is 0 Å². The lowest BCUT2D eigenvalue weighted by molar-refractivity contribution is -0.163. The Labute approximate surface area is 295 Å². The summed E-state index contributed by atoms with van der Waals surface area (Å²) in [6.07, 6.45) is 24.0. The summed E-state index contributed by atoms with van der Waals surface area (Å²) in [6, 6.07) is 0. The minimum absolute atomic E-state index is 0.0975. The molecule has 0 saturated heterocycles. The van der Waals surface area contributed by atoms with Gasteiger partial charge in [0.1, 0.15) is 36.6 Å². The van der Waals surface area contributed by atoms with Crippen molar-refractivity contribution >= 4 is 5.97 Å². The number of carbonyl (C=O) groups is 1. The lowest BCUT2D eigenvalue weighted by atomic mass is 9.96. The molecule has 8 nitrogen and oxygen atoms in total. The van der Waals surface area contributed by atoms with Crippen LogP contribution in [-0.2, 0) is 19.0 Å². The van der Waals surface area contributed by atoms with Gasteiger partial charge >= 0.3 is 5.97 Å². The molecule has 0 aromatic rings. The van der Waals surface area contributed by atoms with Gasteiger partial charge in [-0.2, -0.15) is 0 Å². The molecule has 1 rings (SSSR count). The second kappa shape index (κ2) is 31.0. The van der Waals surface area contributed by atoms with Crippen LogP contribution in [0.3, 0.4) is 0 Å². The van der Waals surface area contributed by atoms with Crippen LogP contribution in [0.15, 0.2) is 0 Å². The second-order valence-corrected chi connectivity index (χ2v) is 14.8. The Morgan fingerprint density at radius 2 is 0.958 bits per heavy atom. The maximum Gasteiger partial charge on any atom is 0.306 e. The van der Waals surface area contributed by atoms with Crippen LogP contribution in [0.1, 0.15) is 188 Å². The lowest BCUT2D eigenvalue weighted by Crippen LogP contribution is -2.39. The maximum atomic E-state index is 12.6. The van der Waals surface area contributed by atoms with Crippen molar-refractivity contribution in [3.8, 4) is 0 Å². The molecule has 1 unspecified atom stereocenters. The molecule has 48 heavy (non-hydrogen) atoms. The van der Waals surface area contributed by atoms with Crippen LogP contribution in [0.4, 0.5) is 0 Å². The predicted octanol–water partition coefficient (Wildman–Crippen LogP) is 8.58. The molecule has 6 atom stereocenters. The highest BCUT2D eigenvalue weighted by Crippen LogP contribution is 2.25. The van der Waals surface area contributed by atoms with Gasteiger partial charge in [-0.25, -0.2) is 0 Å². The number of rotatable bonds is 34. The maximum absolute atomic E-state index is 12.6. The highest BCUT2D eigenvalue weighted by Gasteiger charge is 2.49. The van der Waals surface area contributed by atoms with Gasteiger partial charge in [0.2, 0.25) is 0 Å². The van der Waals surface area contributed by atoms with E-state index in [9.17, 15) is 25.2 Å². The van der Waals surface area contributed by atoms with E-state index in [1.165, 1.54) is 128 Å². The molecule has 1 saturated carbocycles. The fourth-order valence-corrected chi connectivity index (χ4v) is 6.74. The van der Waals surface area contributed by atoms with Crippen molar-refractivity contribution < 1.29 is 39.4 Å². The number of hydrogen-bond donors (Lipinski definition) is 4. The highest BCUT2D eigenvalue weighted by atomic mass is 16.6. The van der Waals surface area contributed by atoms with Gasteiger partial charge in [-0.3, -0.25) is 4.79 Å². The SMILES string of the molecule is CCCCCCCCCCCCCCC(=O)O[C@@H](COCCCCCCCCCC(C)CCCCCC)COC1[C@@H](O)[C@H](O)[C@@H](O)[C@@H]1O. The molecule has 1 aliphatic carbocycles. The van der Waals surface area contributed by atoms with Crippen molar-refractivity contribution in [2.75, 3.05) is 19.8 Å². The van der Waals surface area contributed by atoms with E-state index in [4.69, 9.17) is 14.2 Å². The van der Waals surface area contributed by atoms with E-state index in [1.54, 1.807) is 0 Å². The molecule has 0 aromatic heterocycles. The molecular formula is C40H78O8. The number of esters is 1. The van der Waals surface area contributed by atoms with Crippen molar-refractivity contribution in [1.29, 1.82) is 0 Å². The van der Waals surface area contributed by atoms with Crippen LogP contribution in [0, 0.1) is 5.92 Å². The zero-order valence-electron chi connectivity index (χ0n) is 31.5. The van der Waals surface area contributed by atoms with Gasteiger partial charge in [-0.05, 0) is 18.8 Å². The molecule has 0 amide bonds. The van der Waals surface area contributed by atoms with Crippen LogP contribution in [-0.4, -0.2) is 82.8 Å². The molecule has 0 heterocycles. The largest absolute Gasteiger partial charge is 0.457 e. The minimum atomic E-state index is -1.49. The summed E-state index contributed by atoms with van der Waals surface area (Å²) in [5.41, 5.74) is 0. The fraction of sp³-hybridized carbons (Fsp3) is 0.975. The van der Waals surface area contributed by atoms with Gasteiger partial charge in [0.05, 0.1) is 13.2 Å². The first-order valence-electron chi connectivity index (χ1n) is 20.4. The van der Waals surface area contributed by atoms with E-state index in [1.807, 2.05) is 0 Å². The van der Waals surface area contributed by atoms with Crippen molar-refractivity contribution in [1.82, 2.24) is 0 Å². The van der Waals surface area contributed by atoms with Gasteiger partial charge in [0.25, 0.3) is 0 Å². The van der Waals surface area contributed by atoms with Crippen molar-refractivity contribution in [3.63, 3.8) is 0 Å². The summed E-state index contributed by atoms with van der Waals surface area (Å²) in [5.74, 6) is 0.547. The third-order valence-corrected chi connectivity index (χ3v) is 10.1. The van der Waals surface area contributed by atoms with Gasteiger partial charge in [0.15, 0.2) is 0 Å². The molecule has 0 aromatic carbocycles. The molecule has 8 heteroatoms. The van der Waals surface area contributed by atoms with E-state index < -0.39 is 36.6 Å². The Morgan fingerprint density at radius 3 is 1.46 bits per heavy atom. The summed E-state index contributed by atoms with van der Waals surface area (Å²) in [5, 5.41) is 40.1. The Balaban J connectivity index is 2.24. The lowest BCUT2D eigenvalue weighted by Gasteiger charge is -2.24. The zero-order valence-corrected chi connectivity index (χ0v) is 31.5. The summed E-state index contributed by atoms with van der Waals surface area (Å²) >= 11 is 0. The quantitative estimate of drug-likeness (QED) is 0.0392. The van der Waals surface area contributed by atoms with Crippen molar-refractivity contribution in [2.45, 2.75) is 224 Å². The molecular weight excluding hydrogens is 608 g/mol. The summed E-state index contributed by atoms with van der Waals surface area (Å²) < 4.78 is 17.2. The van der Waals surface area contributed by atoms with Gasteiger partial charge in [-0.1, -0.05) is 168 Å². The number of ether oxygens (including phenoxy) is 3. The van der Waals surface area contributed by atoms with Crippen LogP contribution >= 0.6 is 0 Å². The number of carbonyl (C=O) groups excluding carboxylic acids is 1. The first-order valence-corrected chi connectivity index (χ1v) is 20.4. The highest BCUT2D eigenvalue weighted by molar-refractivity contribution is 5.69. The topological polar surface area (TPSA) is 126 Å². The van der Waals surface area contributed by atoms with Gasteiger partial charge in [0, 0.05) is 13.0 Å². The molecule has 0 bridgehead atoms. The van der Waals surface area contributed by atoms with Crippen molar-refractivity contribution in [2.24, 2.45) is 5.92 Å². The normalized spacial score (nSPS) is 21.1. The third kappa shape index (κ3) is 22.8.